The molecule has 0 amide bonds. The number of nitriles is 1. The Bertz CT molecular complexity index is 361. The van der Waals surface area contributed by atoms with Crippen LogP contribution in [0.3, 0.4) is 0 Å². The van der Waals surface area contributed by atoms with Crippen molar-refractivity contribution in [2.45, 2.75) is 44.8 Å². The smallest absolute Gasteiger partial charge is 0.112 e. The van der Waals surface area contributed by atoms with Crippen LogP contribution in [0.4, 0.5) is 0 Å². The molecule has 0 aromatic rings. The Kier molecular flexibility index (Phi) is 1.40. The third kappa shape index (κ3) is 3.84. The van der Waals surface area contributed by atoms with Crippen LogP contribution in [-0.2, 0) is 11.0 Å². The summed E-state index contributed by atoms with van der Waals surface area (Å²) in [6.07, 6.45) is 0. The number of nitrogens with one attached hydrogen (secondary N) is 1. The SMILES string of the molecule is [2H]C([2H])([2H])C(C#N)(N[S@](=O)C(C)(C)C)C([2H])([2H])[2H]. The highest BCUT2D eigenvalue weighted by Crippen LogP contribution is 2.12. The minimum Gasteiger partial charge on any atom is -0.242 e. The molecule has 0 radical (unpaired) electrons. The summed E-state index contributed by atoms with van der Waals surface area (Å²) in [7, 11) is -1.99. The first kappa shape index (κ1) is 4.73. The van der Waals surface area contributed by atoms with Crippen molar-refractivity contribution in [1.82, 2.24) is 4.72 Å². The molecule has 0 aromatic heterocycles. The molecule has 12 heavy (non-hydrogen) atoms. The third-order valence-electron chi connectivity index (χ3n) is 0.970. The first-order valence-corrected chi connectivity index (χ1v) is 4.45. The Balaban J connectivity index is 5.69. The number of hydrogen-bond donors (Lipinski definition) is 1. The molecular weight excluding hydrogens is 172 g/mol. The second kappa shape index (κ2) is 3.55. The third-order valence-corrected chi connectivity index (χ3v) is 2.57. The summed E-state index contributed by atoms with van der Waals surface area (Å²) in [6, 6.07) is 1.27. The molecule has 0 saturated carbocycles. The first-order chi connectivity index (χ1) is 7.69. The topological polar surface area (TPSA) is 52.9 Å². The molecule has 0 heterocycles. The number of rotatable bonds is 2. The lowest BCUT2D eigenvalue weighted by atomic mass is 10.1. The van der Waals surface area contributed by atoms with Gasteiger partial charge in [0.15, 0.2) is 0 Å². The fraction of sp³-hybridized carbons (Fsp3) is 0.875. The van der Waals surface area contributed by atoms with E-state index in [4.69, 9.17) is 13.5 Å². The monoisotopic (exact) mass is 194 g/mol. The molecule has 1 atom stereocenters. The quantitative estimate of drug-likeness (QED) is 0.721. The van der Waals surface area contributed by atoms with E-state index in [1.807, 2.05) is 4.72 Å². The summed E-state index contributed by atoms with van der Waals surface area (Å²) in [5.41, 5.74) is -2.85. The average Bonchev–Trinajstić information content (AvgIpc) is 2.07. The number of hydrogen-bond acceptors (Lipinski definition) is 2. The van der Waals surface area contributed by atoms with Gasteiger partial charge in [-0.1, -0.05) is 0 Å². The lowest BCUT2D eigenvalue weighted by molar-refractivity contribution is 0.568. The van der Waals surface area contributed by atoms with Crippen LogP contribution < -0.4 is 4.72 Å². The Hall–Kier alpha value is -0.400. The molecule has 0 aromatic carbocycles. The average molecular weight is 194 g/mol. The highest BCUT2D eigenvalue weighted by molar-refractivity contribution is 7.84. The summed E-state index contributed by atoms with van der Waals surface area (Å²) in [5.74, 6) is 0. The Labute approximate surface area is 85.2 Å². The maximum atomic E-state index is 11.9. The van der Waals surface area contributed by atoms with Crippen LogP contribution in [0.2, 0.25) is 0 Å². The highest BCUT2D eigenvalue weighted by atomic mass is 32.2. The van der Waals surface area contributed by atoms with E-state index in [0.717, 1.165) is 0 Å². The van der Waals surface area contributed by atoms with Gasteiger partial charge in [0.05, 0.1) is 21.8 Å². The Morgan fingerprint density at radius 1 is 1.50 bits per heavy atom. The minimum atomic E-state index is -3.13. The summed E-state index contributed by atoms with van der Waals surface area (Å²) in [5, 5.41) is 9.00. The fourth-order valence-electron chi connectivity index (χ4n) is 0.315. The van der Waals surface area contributed by atoms with Crippen molar-refractivity contribution in [3.8, 4) is 6.07 Å². The van der Waals surface area contributed by atoms with Gasteiger partial charge in [0.25, 0.3) is 0 Å². The van der Waals surface area contributed by atoms with Crippen molar-refractivity contribution in [3.63, 3.8) is 0 Å². The van der Waals surface area contributed by atoms with Crippen molar-refractivity contribution >= 4 is 11.0 Å². The summed E-state index contributed by atoms with van der Waals surface area (Å²) >= 11 is 0. The van der Waals surface area contributed by atoms with Gasteiger partial charge in [-0.25, -0.2) is 8.93 Å². The van der Waals surface area contributed by atoms with E-state index in [1.54, 1.807) is 0 Å². The Morgan fingerprint density at radius 3 is 2.25 bits per heavy atom. The normalized spacial score (nSPS) is 24.8. The molecule has 1 N–H and O–H groups in total. The van der Waals surface area contributed by atoms with Crippen LogP contribution >= 0.6 is 0 Å². The molecular formula is C8H16N2OS. The summed E-state index contributed by atoms with van der Waals surface area (Å²) < 4.78 is 56.4. The van der Waals surface area contributed by atoms with Gasteiger partial charge in [-0.3, -0.25) is 0 Å². The largest absolute Gasteiger partial charge is 0.242 e. The van der Waals surface area contributed by atoms with Crippen LogP contribution in [0.1, 0.15) is 42.7 Å². The standard InChI is InChI=1S/C8H16N2OS/c1-7(2,3)12(11)10-8(4,5)6-9/h10H,1-5H3/t12-/m1/s1/i4D3,5D3. The molecule has 0 saturated heterocycles. The van der Waals surface area contributed by atoms with Crippen LogP contribution in [0.5, 0.6) is 0 Å². The van der Waals surface area contributed by atoms with E-state index in [9.17, 15) is 4.21 Å². The molecule has 70 valence electrons. The molecule has 0 aliphatic rings. The summed E-state index contributed by atoms with van der Waals surface area (Å²) in [4.78, 5) is 0. The first-order valence-electron chi connectivity index (χ1n) is 6.30. The van der Waals surface area contributed by atoms with Crippen molar-refractivity contribution in [3.05, 3.63) is 0 Å². The summed E-state index contributed by atoms with van der Waals surface area (Å²) in [6.45, 7) is -1.65. The minimum absolute atomic E-state index is 0.890. The fourth-order valence-corrected chi connectivity index (χ4v) is 0.945. The van der Waals surface area contributed by atoms with E-state index >= 15 is 0 Å². The molecule has 0 spiro atoms. The zero-order chi connectivity index (χ0) is 15.0. The van der Waals surface area contributed by atoms with E-state index in [-0.39, 0.29) is 0 Å². The van der Waals surface area contributed by atoms with Gasteiger partial charge in [-0.2, -0.15) is 5.26 Å². The van der Waals surface area contributed by atoms with Gasteiger partial charge in [0.2, 0.25) is 0 Å². The maximum Gasteiger partial charge on any atom is 0.112 e. The second-order valence-corrected chi connectivity index (χ2v) is 5.31. The van der Waals surface area contributed by atoms with Crippen LogP contribution in [0, 0.1) is 11.3 Å². The van der Waals surface area contributed by atoms with E-state index in [1.165, 1.54) is 26.8 Å². The van der Waals surface area contributed by atoms with Crippen LogP contribution in [0.15, 0.2) is 0 Å². The lowest BCUT2D eigenvalue weighted by Crippen LogP contribution is -2.45. The van der Waals surface area contributed by atoms with Crippen LogP contribution in [-0.4, -0.2) is 14.5 Å². The van der Waals surface area contributed by atoms with Crippen LogP contribution in [0.25, 0.3) is 0 Å². The predicted octanol–water partition coefficient (Wildman–Crippen LogP) is 1.34. The predicted molar refractivity (Wildman–Crippen MR) is 50.7 cm³/mol. The molecule has 0 rings (SSSR count). The van der Waals surface area contributed by atoms with E-state index in [2.05, 4.69) is 0 Å². The van der Waals surface area contributed by atoms with E-state index in [0.29, 0.717) is 0 Å². The molecule has 0 unspecified atom stereocenters. The van der Waals surface area contributed by atoms with E-state index < -0.39 is 35.0 Å². The molecule has 0 fully saturated rings. The van der Waals surface area contributed by atoms with Gasteiger partial charge in [0.1, 0.15) is 5.54 Å². The molecule has 0 aliphatic heterocycles. The van der Waals surface area contributed by atoms with Gasteiger partial charge >= 0.3 is 0 Å². The van der Waals surface area contributed by atoms with Gasteiger partial charge < -0.3 is 0 Å². The second-order valence-electron chi connectivity index (χ2n) is 3.34. The zero-order valence-corrected chi connectivity index (χ0v) is 8.08. The Morgan fingerprint density at radius 2 is 2.00 bits per heavy atom. The van der Waals surface area contributed by atoms with Gasteiger partial charge in [-0.05, 0) is 34.5 Å². The molecule has 4 heteroatoms. The number of nitrogens with zero attached hydrogens (tertiary/aromatic N) is 1. The van der Waals surface area contributed by atoms with Gasteiger partial charge in [-0.15, -0.1) is 0 Å². The van der Waals surface area contributed by atoms with Crippen molar-refractivity contribution in [2.24, 2.45) is 0 Å². The van der Waals surface area contributed by atoms with Gasteiger partial charge in [0, 0.05) is 8.22 Å². The lowest BCUT2D eigenvalue weighted by Gasteiger charge is -2.24. The highest BCUT2D eigenvalue weighted by Gasteiger charge is 2.26. The molecule has 3 nitrogen and oxygen atoms in total. The van der Waals surface area contributed by atoms with Crippen molar-refractivity contribution in [2.75, 3.05) is 0 Å². The maximum absolute atomic E-state index is 11.9. The zero-order valence-electron chi connectivity index (χ0n) is 13.3. The van der Waals surface area contributed by atoms with Crippen molar-refractivity contribution in [1.29, 1.82) is 5.26 Å². The molecule has 0 bridgehead atoms. The van der Waals surface area contributed by atoms with Crippen molar-refractivity contribution < 1.29 is 12.4 Å². The molecule has 0 aliphatic carbocycles.